The Balaban J connectivity index is 2.07. The monoisotopic (exact) mass is 317 g/mol. The van der Waals surface area contributed by atoms with Gasteiger partial charge >= 0.3 is 0 Å². The Labute approximate surface area is 120 Å². The Kier molecular flexibility index (Phi) is 4.41. The predicted molar refractivity (Wildman–Crippen MR) is 76.9 cm³/mol. The number of nitrogens with one attached hydrogen (secondary N) is 1. The number of benzene rings is 1. The summed E-state index contributed by atoms with van der Waals surface area (Å²) in [6.45, 7) is 0.266. The fourth-order valence-corrected chi connectivity index (χ4v) is 3.53. The molecule has 0 saturated heterocycles. The van der Waals surface area contributed by atoms with Gasteiger partial charge < -0.3 is 5.73 Å². The molecule has 102 valence electrons. The van der Waals surface area contributed by atoms with Crippen molar-refractivity contribution < 1.29 is 8.42 Å². The number of nitrogen functional groups attached to an aromatic ring is 1. The summed E-state index contributed by atoms with van der Waals surface area (Å²) in [6, 6.07) is 4.35. The van der Waals surface area contributed by atoms with E-state index in [1.807, 2.05) is 5.38 Å². The first-order valence-corrected chi connectivity index (χ1v) is 8.16. The van der Waals surface area contributed by atoms with Gasteiger partial charge in [0.2, 0.25) is 10.0 Å². The Morgan fingerprint density at radius 2 is 2.21 bits per heavy atom. The lowest BCUT2D eigenvalue weighted by Crippen LogP contribution is -2.26. The second-order valence-corrected chi connectivity index (χ2v) is 6.91. The largest absolute Gasteiger partial charge is 0.398 e. The van der Waals surface area contributed by atoms with E-state index in [1.165, 1.54) is 23.5 Å². The third-order valence-corrected chi connectivity index (χ3v) is 4.97. The van der Waals surface area contributed by atoms with Gasteiger partial charge in [-0.3, -0.25) is 0 Å². The van der Waals surface area contributed by atoms with Gasteiger partial charge in [0.05, 0.1) is 10.7 Å². The second kappa shape index (κ2) is 5.87. The molecule has 5 nitrogen and oxygen atoms in total. The van der Waals surface area contributed by atoms with Crippen molar-refractivity contribution in [2.24, 2.45) is 0 Å². The van der Waals surface area contributed by atoms with Crippen LogP contribution in [0.3, 0.4) is 0 Å². The maximum atomic E-state index is 12.1. The van der Waals surface area contributed by atoms with Crippen molar-refractivity contribution in [3.8, 4) is 0 Å². The molecule has 2 rings (SSSR count). The maximum absolute atomic E-state index is 12.1. The van der Waals surface area contributed by atoms with E-state index in [-0.39, 0.29) is 17.1 Å². The van der Waals surface area contributed by atoms with E-state index in [9.17, 15) is 8.42 Å². The van der Waals surface area contributed by atoms with Crippen LogP contribution >= 0.6 is 22.9 Å². The highest BCUT2D eigenvalue weighted by atomic mass is 35.5. The highest BCUT2D eigenvalue weighted by Gasteiger charge is 2.17. The van der Waals surface area contributed by atoms with Crippen LogP contribution in [0.2, 0.25) is 5.02 Å². The molecule has 2 aromatic rings. The number of hydrogen-bond acceptors (Lipinski definition) is 5. The van der Waals surface area contributed by atoms with Crippen LogP contribution in [-0.2, 0) is 16.4 Å². The lowest BCUT2D eigenvalue weighted by Gasteiger charge is -2.08. The molecular weight excluding hydrogens is 306 g/mol. The summed E-state index contributed by atoms with van der Waals surface area (Å²) in [6.07, 6.45) is 2.22. The molecule has 0 aliphatic carbocycles. The predicted octanol–water partition coefficient (Wildman–Crippen LogP) is 1.90. The Bertz CT molecular complexity index is 657. The number of hydrogen-bond donors (Lipinski definition) is 2. The minimum atomic E-state index is -3.65. The van der Waals surface area contributed by atoms with Crippen LogP contribution < -0.4 is 10.5 Å². The van der Waals surface area contributed by atoms with Crippen LogP contribution in [0, 0.1) is 0 Å². The first-order valence-electron chi connectivity index (χ1n) is 5.42. The zero-order valence-corrected chi connectivity index (χ0v) is 12.2. The molecule has 19 heavy (non-hydrogen) atoms. The summed E-state index contributed by atoms with van der Waals surface area (Å²) in [5.74, 6) is 0. The van der Waals surface area contributed by atoms with Gasteiger partial charge in [-0.1, -0.05) is 11.6 Å². The van der Waals surface area contributed by atoms with E-state index in [0.717, 1.165) is 5.01 Å². The van der Waals surface area contributed by atoms with E-state index in [0.29, 0.717) is 11.4 Å². The van der Waals surface area contributed by atoms with E-state index >= 15 is 0 Å². The fraction of sp³-hybridized carbons (Fsp3) is 0.182. The molecule has 0 aliphatic rings. The summed E-state index contributed by atoms with van der Waals surface area (Å²) >= 11 is 7.27. The van der Waals surface area contributed by atoms with Crippen molar-refractivity contribution in [1.29, 1.82) is 0 Å². The molecule has 0 atom stereocenters. The number of nitrogens with zero attached hydrogens (tertiary/aromatic N) is 1. The Morgan fingerprint density at radius 3 is 2.89 bits per heavy atom. The molecule has 0 saturated carbocycles. The number of thiazole rings is 1. The molecule has 1 aromatic heterocycles. The van der Waals surface area contributed by atoms with Gasteiger partial charge in [-0.05, 0) is 18.2 Å². The van der Waals surface area contributed by atoms with Gasteiger partial charge in [0.1, 0.15) is 4.90 Å². The summed E-state index contributed by atoms with van der Waals surface area (Å²) in [5, 5.41) is 3.05. The zero-order chi connectivity index (χ0) is 13.9. The molecule has 0 fully saturated rings. The van der Waals surface area contributed by atoms with Gasteiger partial charge in [0.25, 0.3) is 0 Å². The Hall–Kier alpha value is -1.15. The van der Waals surface area contributed by atoms with Crippen LogP contribution in [0.5, 0.6) is 0 Å². The molecule has 3 N–H and O–H groups in total. The van der Waals surface area contributed by atoms with E-state index in [2.05, 4.69) is 9.71 Å². The molecule has 0 bridgehead atoms. The standard InChI is InChI=1S/C11H12ClN3O2S2/c12-8-1-2-9(13)10(7-8)19(16,17)15-4-3-11-14-5-6-18-11/h1-2,5-7,15H,3-4,13H2. The topological polar surface area (TPSA) is 85.1 Å². The van der Waals surface area contributed by atoms with Gasteiger partial charge in [0, 0.05) is 29.6 Å². The van der Waals surface area contributed by atoms with Gasteiger partial charge in [0.15, 0.2) is 0 Å². The molecule has 0 radical (unpaired) electrons. The minimum Gasteiger partial charge on any atom is -0.398 e. The minimum absolute atomic E-state index is 0.000797. The average Bonchev–Trinajstić information content (AvgIpc) is 2.85. The SMILES string of the molecule is Nc1ccc(Cl)cc1S(=O)(=O)NCCc1nccs1. The van der Waals surface area contributed by atoms with E-state index in [4.69, 9.17) is 17.3 Å². The van der Waals surface area contributed by atoms with Crippen LogP contribution in [0.15, 0.2) is 34.7 Å². The number of anilines is 1. The summed E-state index contributed by atoms with van der Waals surface area (Å²) in [5.41, 5.74) is 5.83. The van der Waals surface area contributed by atoms with Crippen LogP contribution in [0.25, 0.3) is 0 Å². The molecule has 1 heterocycles. The fourth-order valence-electron chi connectivity index (χ4n) is 1.49. The summed E-state index contributed by atoms with van der Waals surface area (Å²) in [7, 11) is -3.65. The van der Waals surface area contributed by atoms with Crippen molar-refractivity contribution in [2.75, 3.05) is 12.3 Å². The molecule has 0 unspecified atom stereocenters. The molecule has 0 spiro atoms. The number of rotatable bonds is 5. The summed E-state index contributed by atoms with van der Waals surface area (Å²) in [4.78, 5) is 4.08. The Morgan fingerprint density at radius 1 is 1.42 bits per heavy atom. The molecular formula is C11H12ClN3O2S2. The average molecular weight is 318 g/mol. The van der Waals surface area contributed by atoms with Crippen molar-refractivity contribution in [3.05, 3.63) is 39.8 Å². The third kappa shape index (κ3) is 3.66. The second-order valence-electron chi connectivity index (χ2n) is 3.76. The number of sulfonamides is 1. The van der Waals surface area contributed by atoms with Crippen molar-refractivity contribution >= 4 is 38.6 Å². The molecule has 8 heteroatoms. The van der Waals surface area contributed by atoms with Gasteiger partial charge in [-0.15, -0.1) is 11.3 Å². The lowest BCUT2D eigenvalue weighted by molar-refractivity contribution is 0.582. The number of nitrogens with two attached hydrogens (primary N) is 1. The van der Waals surface area contributed by atoms with Crippen molar-refractivity contribution in [3.63, 3.8) is 0 Å². The zero-order valence-electron chi connectivity index (χ0n) is 9.84. The number of halogens is 1. The first-order chi connectivity index (χ1) is 8.99. The first kappa shape index (κ1) is 14.3. The lowest BCUT2D eigenvalue weighted by atomic mass is 10.3. The smallest absolute Gasteiger partial charge is 0.242 e. The van der Waals surface area contributed by atoms with Crippen LogP contribution in [0.4, 0.5) is 5.69 Å². The van der Waals surface area contributed by atoms with Crippen LogP contribution in [-0.4, -0.2) is 19.9 Å². The molecule has 1 aromatic carbocycles. The third-order valence-electron chi connectivity index (χ3n) is 2.38. The maximum Gasteiger partial charge on any atom is 0.242 e. The summed E-state index contributed by atoms with van der Waals surface area (Å²) < 4.78 is 26.6. The van der Waals surface area contributed by atoms with Gasteiger partial charge in [-0.2, -0.15) is 0 Å². The van der Waals surface area contributed by atoms with Crippen LogP contribution in [0.1, 0.15) is 5.01 Å². The van der Waals surface area contributed by atoms with Crippen molar-refractivity contribution in [2.45, 2.75) is 11.3 Å². The van der Waals surface area contributed by atoms with Gasteiger partial charge in [-0.25, -0.2) is 18.1 Å². The van der Waals surface area contributed by atoms with E-state index < -0.39 is 10.0 Å². The quantitative estimate of drug-likeness (QED) is 0.825. The highest BCUT2D eigenvalue weighted by molar-refractivity contribution is 7.89. The number of aromatic nitrogens is 1. The highest BCUT2D eigenvalue weighted by Crippen LogP contribution is 2.22. The molecule has 0 amide bonds. The molecule has 0 aliphatic heterocycles. The normalized spacial score (nSPS) is 11.6. The van der Waals surface area contributed by atoms with E-state index in [1.54, 1.807) is 12.3 Å². The van der Waals surface area contributed by atoms with Crippen molar-refractivity contribution in [1.82, 2.24) is 9.71 Å².